The lowest BCUT2D eigenvalue weighted by atomic mass is 10.1. The Balaban J connectivity index is 2.36. The summed E-state index contributed by atoms with van der Waals surface area (Å²) in [6.45, 7) is -0.328. The highest BCUT2D eigenvalue weighted by molar-refractivity contribution is 5.80. The molecule has 0 bridgehead atoms. The standard InChI is InChI=1S/C14H19FN2O2/c15-12-6-3-7-13(11(12)9-18)17(8-14(16)19)10-4-1-2-5-10/h3,6-7,10,18H,1-2,4-5,8-9H2,(H2,16,19). The molecule has 1 aliphatic carbocycles. The molecule has 0 spiro atoms. The van der Waals surface area contributed by atoms with Gasteiger partial charge in [-0.15, -0.1) is 0 Å². The van der Waals surface area contributed by atoms with Crippen molar-refractivity contribution in [2.24, 2.45) is 5.73 Å². The average molecular weight is 266 g/mol. The van der Waals surface area contributed by atoms with E-state index in [-0.39, 0.29) is 24.8 Å². The predicted molar refractivity (Wildman–Crippen MR) is 71.1 cm³/mol. The van der Waals surface area contributed by atoms with Crippen molar-refractivity contribution in [1.29, 1.82) is 0 Å². The topological polar surface area (TPSA) is 66.6 Å². The highest BCUT2D eigenvalue weighted by atomic mass is 19.1. The number of benzene rings is 1. The Hall–Kier alpha value is -1.62. The molecule has 0 heterocycles. The van der Waals surface area contributed by atoms with Gasteiger partial charge in [0, 0.05) is 17.3 Å². The predicted octanol–water partition coefficient (Wildman–Crippen LogP) is 1.55. The molecule has 1 aromatic rings. The van der Waals surface area contributed by atoms with Crippen LogP contribution >= 0.6 is 0 Å². The number of nitrogens with two attached hydrogens (primary N) is 1. The summed E-state index contributed by atoms with van der Waals surface area (Å²) in [5.41, 5.74) is 6.10. The molecule has 1 aliphatic rings. The molecule has 0 unspecified atom stereocenters. The van der Waals surface area contributed by atoms with Crippen molar-refractivity contribution >= 4 is 11.6 Å². The summed E-state index contributed by atoms with van der Waals surface area (Å²) in [6.07, 6.45) is 4.14. The van der Waals surface area contributed by atoms with Gasteiger partial charge < -0.3 is 15.7 Å². The Morgan fingerprint density at radius 2 is 2.11 bits per heavy atom. The van der Waals surface area contributed by atoms with E-state index in [2.05, 4.69) is 0 Å². The Kier molecular flexibility index (Phi) is 4.37. The maximum atomic E-state index is 13.7. The number of hydrogen-bond acceptors (Lipinski definition) is 3. The number of aliphatic hydroxyl groups excluding tert-OH is 1. The molecule has 2 rings (SSSR count). The largest absolute Gasteiger partial charge is 0.391 e. The van der Waals surface area contributed by atoms with E-state index in [1.54, 1.807) is 12.1 Å². The molecule has 104 valence electrons. The van der Waals surface area contributed by atoms with Gasteiger partial charge in [-0.2, -0.15) is 0 Å². The van der Waals surface area contributed by atoms with Crippen molar-refractivity contribution in [3.05, 3.63) is 29.6 Å². The van der Waals surface area contributed by atoms with Gasteiger partial charge in [0.2, 0.25) is 5.91 Å². The first-order valence-electron chi connectivity index (χ1n) is 6.56. The van der Waals surface area contributed by atoms with Crippen LogP contribution in [0.3, 0.4) is 0 Å². The van der Waals surface area contributed by atoms with Crippen molar-refractivity contribution in [3.63, 3.8) is 0 Å². The molecular formula is C14H19FN2O2. The van der Waals surface area contributed by atoms with Crippen LogP contribution in [-0.4, -0.2) is 23.6 Å². The average Bonchev–Trinajstić information content (AvgIpc) is 2.89. The zero-order chi connectivity index (χ0) is 13.8. The van der Waals surface area contributed by atoms with Crippen molar-refractivity contribution in [2.75, 3.05) is 11.4 Å². The van der Waals surface area contributed by atoms with E-state index in [9.17, 15) is 14.3 Å². The summed E-state index contributed by atoms with van der Waals surface area (Å²) in [5, 5.41) is 9.34. The Bertz CT molecular complexity index is 459. The van der Waals surface area contributed by atoms with Crippen LogP contribution in [0.2, 0.25) is 0 Å². The van der Waals surface area contributed by atoms with Crippen LogP contribution in [0.5, 0.6) is 0 Å². The molecule has 1 aromatic carbocycles. The summed E-state index contributed by atoms with van der Waals surface area (Å²) in [7, 11) is 0. The first kappa shape index (κ1) is 13.8. The third kappa shape index (κ3) is 3.04. The van der Waals surface area contributed by atoms with Crippen molar-refractivity contribution in [1.82, 2.24) is 0 Å². The minimum absolute atomic E-state index is 0.0567. The molecule has 5 heteroatoms. The lowest BCUT2D eigenvalue weighted by Crippen LogP contribution is -2.40. The first-order chi connectivity index (χ1) is 9.13. The number of anilines is 1. The quantitative estimate of drug-likeness (QED) is 0.849. The van der Waals surface area contributed by atoms with Crippen LogP contribution in [0.4, 0.5) is 10.1 Å². The van der Waals surface area contributed by atoms with E-state index in [0.717, 1.165) is 25.7 Å². The van der Waals surface area contributed by atoms with Crippen molar-refractivity contribution in [2.45, 2.75) is 38.3 Å². The van der Waals surface area contributed by atoms with Crippen LogP contribution < -0.4 is 10.6 Å². The zero-order valence-electron chi connectivity index (χ0n) is 10.8. The summed E-state index contributed by atoms with van der Waals surface area (Å²) in [4.78, 5) is 13.1. The van der Waals surface area contributed by atoms with Crippen LogP contribution in [0, 0.1) is 5.82 Å². The van der Waals surface area contributed by atoms with Crippen LogP contribution in [-0.2, 0) is 11.4 Å². The number of amides is 1. The molecule has 0 atom stereocenters. The first-order valence-corrected chi connectivity index (χ1v) is 6.56. The fourth-order valence-corrected chi connectivity index (χ4v) is 2.77. The monoisotopic (exact) mass is 266 g/mol. The molecule has 3 N–H and O–H groups in total. The molecule has 4 nitrogen and oxygen atoms in total. The number of nitrogens with zero attached hydrogens (tertiary/aromatic N) is 1. The number of hydrogen-bond donors (Lipinski definition) is 2. The SMILES string of the molecule is NC(=O)CN(c1cccc(F)c1CO)C1CCCC1. The van der Waals surface area contributed by atoms with E-state index in [1.165, 1.54) is 6.07 Å². The van der Waals surface area contributed by atoms with Gasteiger partial charge in [0.25, 0.3) is 0 Å². The summed E-state index contributed by atoms with van der Waals surface area (Å²) in [6, 6.07) is 4.83. The third-order valence-corrected chi connectivity index (χ3v) is 3.65. The van der Waals surface area contributed by atoms with E-state index in [1.807, 2.05) is 4.90 Å². The Morgan fingerprint density at radius 1 is 1.42 bits per heavy atom. The molecule has 0 aromatic heterocycles. The van der Waals surface area contributed by atoms with Gasteiger partial charge in [-0.05, 0) is 25.0 Å². The minimum atomic E-state index is -0.451. The second-order valence-electron chi connectivity index (χ2n) is 4.93. The zero-order valence-corrected chi connectivity index (χ0v) is 10.8. The third-order valence-electron chi connectivity index (χ3n) is 3.65. The summed E-state index contributed by atoms with van der Waals surface area (Å²) < 4.78 is 13.7. The minimum Gasteiger partial charge on any atom is -0.391 e. The van der Waals surface area contributed by atoms with Crippen LogP contribution in [0.15, 0.2) is 18.2 Å². The lowest BCUT2D eigenvalue weighted by molar-refractivity contribution is -0.116. The normalized spacial score (nSPS) is 15.7. The van der Waals surface area contributed by atoms with Crippen molar-refractivity contribution < 1.29 is 14.3 Å². The highest BCUT2D eigenvalue weighted by Crippen LogP contribution is 2.31. The fourth-order valence-electron chi connectivity index (χ4n) is 2.77. The van der Waals surface area contributed by atoms with Gasteiger partial charge in [-0.1, -0.05) is 18.9 Å². The van der Waals surface area contributed by atoms with E-state index >= 15 is 0 Å². The van der Waals surface area contributed by atoms with E-state index < -0.39 is 11.7 Å². The molecular weight excluding hydrogens is 247 g/mol. The van der Waals surface area contributed by atoms with Crippen LogP contribution in [0.1, 0.15) is 31.2 Å². The van der Waals surface area contributed by atoms with Gasteiger partial charge in [0.15, 0.2) is 0 Å². The molecule has 19 heavy (non-hydrogen) atoms. The lowest BCUT2D eigenvalue weighted by Gasteiger charge is -2.31. The van der Waals surface area contributed by atoms with Gasteiger partial charge in [-0.3, -0.25) is 4.79 Å². The number of carbonyl (C=O) groups excluding carboxylic acids is 1. The van der Waals surface area contributed by atoms with Crippen molar-refractivity contribution in [3.8, 4) is 0 Å². The number of halogens is 1. The molecule has 1 fully saturated rings. The highest BCUT2D eigenvalue weighted by Gasteiger charge is 2.26. The molecule has 0 radical (unpaired) electrons. The van der Waals surface area contributed by atoms with E-state index in [4.69, 9.17) is 5.73 Å². The number of primary amides is 1. The maximum absolute atomic E-state index is 13.7. The Morgan fingerprint density at radius 3 is 2.68 bits per heavy atom. The number of carbonyl (C=O) groups is 1. The summed E-state index contributed by atoms with van der Waals surface area (Å²) >= 11 is 0. The smallest absolute Gasteiger partial charge is 0.236 e. The maximum Gasteiger partial charge on any atom is 0.236 e. The van der Waals surface area contributed by atoms with E-state index in [0.29, 0.717) is 5.69 Å². The second kappa shape index (κ2) is 6.02. The second-order valence-corrected chi connectivity index (χ2v) is 4.93. The van der Waals surface area contributed by atoms with Gasteiger partial charge in [0.05, 0.1) is 13.2 Å². The summed E-state index contributed by atoms with van der Waals surface area (Å²) in [5.74, 6) is -0.896. The molecule has 0 saturated heterocycles. The van der Waals surface area contributed by atoms with Crippen LogP contribution in [0.25, 0.3) is 0 Å². The fraction of sp³-hybridized carbons (Fsp3) is 0.500. The Labute approximate surface area is 112 Å². The van der Waals surface area contributed by atoms with Gasteiger partial charge in [-0.25, -0.2) is 4.39 Å². The molecule has 0 aliphatic heterocycles. The van der Waals surface area contributed by atoms with Gasteiger partial charge in [0.1, 0.15) is 5.82 Å². The molecule has 1 amide bonds. The molecule has 1 saturated carbocycles. The number of rotatable bonds is 5. The van der Waals surface area contributed by atoms with Gasteiger partial charge >= 0.3 is 0 Å². The number of aliphatic hydroxyl groups is 1.